The molecule has 0 aliphatic carbocycles. The Labute approximate surface area is 86.3 Å². The Morgan fingerprint density at radius 2 is 2.00 bits per heavy atom. The lowest BCUT2D eigenvalue weighted by molar-refractivity contribution is -0.122. The molecule has 14 heavy (non-hydrogen) atoms. The van der Waals surface area contributed by atoms with Crippen molar-refractivity contribution in [1.29, 1.82) is 0 Å². The van der Waals surface area contributed by atoms with E-state index in [1.165, 1.54) is 0 Å². The second-order valence-electron chi connectivity index (χ2n) is 4.11. The molecule has 2 unspecified atom stereocenters. The van der Waals surface area contributed by atoms with Crippen LogP contribution in [0.4, 0.5) is 0 Å². The van der Waals surface area contributed by atoms with Gasteiger partial charge in [0.2, 0.25) is 5.91 Å². The Bertz CT molecular complexity index is 170. The van der Waals surface area contributed by atoms with E-state index in [0.29, 0.717) is 12.8 Å². The minimum Gasteiger partial charge on any atom is -0.393 e. The minimum atomic E-state index is -0.362. The van der Waals surface area contributed by atoms with Crippen LogP contribution in [0.2, 0.25) is 0 Å². The molecule has 0 saturated carbocycles. The summed E-state index contributed by atoms with van der Waals surface area (Å²) in [6.45, 7) is 4.38. The number of hydrogen-bond acceptors (Lipinski definition) is 3. The largest absolute Gasteiger partial charge is 0.393 e. The number of carbonyl (C=O) groups excluding carboxylic acids is 1. The number of aliphatic hydroxyl groups is 1. The van der Waals surface area contributed by atoms with Crippen LogP contribution in [-0.4, -0.2) is 48.7 Å². The third-order valence-electron chi connectivity index (χ3n) is 1.89. The summed E-state index contributed by atoms with van der Waals surface area (Å²) in [5.74, 6) is 0.0480. The Balaban J connectivity index is 3.60. The van der Waals surface area contributed by atoms with Gasteiger partial charge in [0.15, 0.2) is 0 Å². The van der Waals surface area contributed by atoms with Crippen molar-refractivity contribution in [2.75, 3.05) is 20.6 Å². The summed E-state index contributed by atoms with van der Waals surface area (Å²) in [7, 11) is 3.87. The van der Waals surface area contributed by atoms with Crippen LogP contribution in [0.5, 0.6) is 0 Å². The van der Waals surface area contributed by atoms with E-state index >= 15 is 0 Å². The van der Waals surface area contributed by atoms with Crippen LogP contribution in [0.3, 0.4) is 0 Å². The molecule has 0 fully saturated rings. The lowest BCUT2D eigenvalue weighted by Crippen LogP contribution is -2.36. The van der Waals surface area contributed by atoms with E-state index in [2.05, 4.69) is 5.32 Å². The standard InChI is InChI=1S/C10H22N2O2/c1-8(7-9(2)13)11-10(14)5-6-12(3)4/h8-9,13H,5-7H2,1-4H3,(H,11,14). The molecule has 0 aliphatic rings. The molecule has 84 valence electrons. The van der Waals surface area contributed by atoms with E-state index in [9.17, 15) is 4.79 Å². The Morgan fingerprint density at radius 3 is 2.43 bits per heavy atom. The molecule has 0 radical (unpaired) electrons. The summed E-state index contributed by atoms with van der Waals surface area (Å²) in [5.41, 5.74) is 0. The van der Waals surface area contributed by atoms with Gasteiger partial charge in [0.25, 0.3) is 0 Å². The summed E-state index contributed by atoms with van der Waals surface area (Å²) >= 11 is 0. The van der Waals surface area contributed by atoms with Crippen LogP contribution in [-0.2, 0) is 4.79 Å². The highest BCUT2D eigenvalue weighted by atomic mass is 16.3. The van der Waals surface area contributed by atoms with Crippen LogP contribution < -0.4 is 5.32 Å². The lowest BCUT2D eigenvalue weighted by atomic mass is 10.1. The maximum absolute atomic E-state index is 11.3. The first-order valence-electron chi connectivity index (χ1n) is 5.04. The molecule has 2 atom stereocenters. The number of nitrogens with zero attached hydrogens (tertiary/aromatic N) is 1. The fourth-order valence-corrected chi connectivity index (χ4v) is 1.24. The van der Waals surface area contributed by atoms with Gasteiger partial charge in [-0.25, -0.2) is 0 Å². The van der Waals surface area contributed by atoms with Crippen molar-refractivity contribution in [2.24, 2.45) is 0 Å². The topological polar surface area (TPSA) is 52.6 Å². The van der Waals surface area contributed by atoms with Crippen molar-refractivity contribution in [1.82, 2.24) is 10.2 Å². The zero-order valence-electron chi connectivity index (χ0n) is 9.58. The molecule has 0 aromatic heterocycles. The van der Waals surface area contributed by atoms with E-state index < -0.39 is 0 Å². The van der Waals surface area contributed by atoms with Crippen LogP contribution in [0.1, 0.15) is 26.7 Å². The second kappa shape index (κ2) is 6.79. The average molecular weight is 202 g/mol. The molecular weight excluding hydrogens is 180 g/mol. The average Bonchev–Trinajstić information content (AvgIpc) is 1.98. The zero-order chi connectivity index (χ0) is 11.1. The van der Waals surface area contributed by atoms with Crippen LogP contribution in [0, 0.1) is 0 Å². The van der Waals surface area contributed by atoms with Gasteiger partial charge in [-0.3, -0.25) is 4.79 Å². The van der Waals surface area contributed by atoms with Crippen molar-refractivity contribution >= 4 is 5.91 Å². The highest BCUT2D eigenvalue weighted by Gasteiger charge is 2.09. The van der Waals surface area contributed by atoms with Crippen molar-refractivity contribution in [3.05, 3.63) is 0 Å². The summed E-state index contributed by atoms with van der Waals surface area (Å²) in [6.07, 6.45) is 0.754. The van der Waals surface area contributed by atoms with Gasteiger partial charge in [0.1, 0.15) is 0 Å². The zero-order valence-corrected chi connectivity index (χ0v) is 9.58. The molecule has 0 aromatic carbocycles. The van der Waals surface area contributed by atoms with E-state index in [1.807, 2.05) is 25.9 Å². The fraction of sp³-hybridized carbons (Fsp3) is 0.900. The number of rotatable bonds is 6. The number of nitrogens with one attached hydrogen (secondary N) is 1. The van der Waals surface area contributed by atoms with Gasteiger partial charge in [-0.2, -0.15) is 0 Å². The maximum Gasteiger partial charge on any atom is 0.221 e. The van der Waals surface area contributed by atoms with Crippen LogP contribution >= 0.6 is 0 Å². The smallest absolute Gasteiger partial charge is 0.221 e. The van der Waals surface area contributed by atoms with E-state index in [0.717, 1.165) is 6.54 Å². The van der Waals surface area contributed by atoms with Crippen molar-refractivity contribution in [3.8, 4) is 0 Å². The number of carbonyl (C=O) groups is 1. The van der Waals surface area contributed by atoms with Gasteiger partial charge in [-0.15, -0.1) is 0 Å². The quantitative estimate of drug-likeness (QED) is 0.647. The van der Waals surface area contributed by atoms with Gasteiger partial charge in [-0.05, 0) is 34.4 Å². The van der Waals surface area contributed by atoms with Gasteiger partial charge >= 0.3 is 0 Å². The molecule has 0 spiro atoms. The molecule has 0 bridgehead atoms. The Hall–Kier alpha value is -0.610. The van der Waals surface area contributed by atoms with E-state index in [-0.39, 0.29) is 18.1 Å². The van der Waals surface area contributed by atoms with Gasteiger partial charge in [-0.1, -0.05) is 0 Å². The molecule has 4 heteroatoms. The van der Waals surface area contributed by atoms with Gasteiger partial charge < -0.3 is 15.3 Å². The first kappa shape index (κ1) is 13.4. The minimum absolute atomic E-state index is 0.0460. The number of hydrogen-bond donors (Lipinski definition) is 2. The first-order chi connectivity index (χ1) is 6.41. The van der Waals surface area contributed by atoms with Crippen molar-refractivity contribution < 1.29 is 9.90 Å². The van der Waals surface area contributed by atoms with Gasteiger partial charge in [0.05, 0.1) is 6.10 Å². The molecular formula is C10H22N2O2. The molecule has 2 N–H and O–H groups in total. The Morgan fingerprint density at radius 1 is 1.43 bits per heavy atom. The monoisotopic (exact) mass is 202 g/mol. The van der Waals surface area contributed by atoms with Gasteiger partial charge in [0, 0.05) is 19.0 Å². The first-order valence-corrected chi connectivity index (χ1v) is 5.04. The third-order valence-corrected chi connectivity index (χ3v) is 1.89. The van der Waals surface area contributed by atoms with E-state index in [1.54, 1.807) is 6.92 Å². The van der Waals surface area contributed by atoms with Crippen LogP contribution in [0.15, 0.2) is 0 Å². The predicted molar refractivity (Wildman–Crippen MR) is 57.1 cm³/mol. The molecule has 0 aliphatic heterocycles. The second-order valence-corrected chi connectivity index (χ2v) is 4.11. The highest BCUT2D eigenvalue weighted by Crippen LogP contribution is 1.97. The SMILES string of the molecule is CC(O)CC(C)NC(=O)CCN(C)C. The fourth-order valence-electron chi connectivity index (χ4n) is 1.24. The summed E-state index contributed by atoms with van der Waals surface area (Å²) in [5, 5.41) is 11.9. The number of amides is 1. The summed E-state index contributed by atoms with van der Waals surface area (Å²) < 4.78 is 0. The summed E-state index contributed by atoms with van der Waals surface area (Å²) in [6, 6.07) is 0.0460. The van der Waals surface area contributed by atoms with Crippen LogP contribution in [0.25, 0.3) is 0 Å². The molecule has 0 rings (SSSR count). The molecule has 0 heterocycles. The van der Waals surface area contributed by atoms with Crippen molar-refractivity contribution in [3.63, 3.8) is 0 Å². The molecule has 1 amide bonds. The van der Waals surface area contributed by atoms with Crippen molar-refractivity contribution in [2.45, 2.75) is 38.8 Å². The lowest BCUT2D eigenvalue weighted by Gasteiger charge is -2.16. The van der Waals surface area contributed by atoms with E-state index in [4.69, 9.17) is 5.11 Å². The predicted octanol–water partition coefficient (Wildman–Crippen LogP) is 0.214. The normalized spacial score (nSPS) is 15.3. The number of aliphatic hydroxyl groups excluding tert-OH is 1. The highest BCUT2D eigenvalue weighted by molar-refractivity contribution is 5.76. The Kier molecular flexibility index (Phi) is 6.49. The molecule has 4 nitrogen and oxygen atoms in total. The molecule has 0 saturated heterocycles. The third kappa shape index (κ3) is 8.01. The molecule has 0 aromatic rings. The summed E-state index contributed by atoms with van der Waals surface area (Å²) in [4.78, 5) is 13.3. The maximum atomic E-state index is 11.3.